The van der Waals surface area contributed by atoms with Crippen LogP contribution >= 0.6 is 23.8 Å². The highest BCUT2D eigenvalue weighted by atomic mass is 35.5. The molecular formula is C16H11ClN4S. The summed E-state index contributed by atoms with van der Waals surface area (Å²) in [5.74, 6) is 0. The van der Waals surface area contributed by atoms with Crippen LogP contribution in [0.1, 0.15) is 0 Å². The number of halogens is 1. The maximum absolute atomic E-state index is 8.96. The highest BCUT2D eigenvalue weighted by molar-refractivity contribution is 7.71. The molecule has 1 aromatic carbocycles. The van der Waals surface area contributed by atoms with Gasteiger partial charge in [0.05, 0.1) is 11.8 Å². The van der Waals surface area contributed by atoms with Gasteiger partial charge in [-0.3, -0.25) is 14.8 Å². The zero-order valence-electron chi connectivity index (χ0n) is 11.5. The van der Waals surface area contributed by atoms with Gasteiger partial charge in [-0.15, -0.1) is 0 Å². The van der Waals surface area contributed by atoms with Crippen LogP contribution in [-0.4, -0.2) is 14.8 Å². The van der Waals surface area contributed by atoms with E-state index in [9.17, 15) is 0 Å². The Hall–Kier alpha value is -2.42. The first kappa shape index (κ1) is 14.5. The second kappa shape index (κ2) is 6.14. The lowest BCUT2D eigenvalue weighted by molar-refractivity contribution is 0.703. The summed E-state index contributed by atoms with van der Waals surface area (Å²) in [6.07, 6.45) is 3.44. The van der Waals surface area contributed by atoms with E-state index in [-0.39, 0.29) is 6.54 Å². The standard InChI is InChI=1S/C16H11ClN4S/c17-13-3-1-12(2-4-13)15-14(11-5-8-19-9-6-11)16(22)21(20-15)10-7-18/h1-6,8-9,20H,10H2. The van der Waals surface area contributed by atoms with Gasteiger partial charge < -0.3 is 0 Å². The van der Waals surface area contributed by atoms with Gasteiger partial charge in [0.15, 0.2) is 0 Å². The molecule has 2 heterocycles. The van der Waals surface area contributed by atoms with Crippen molar-refractivity contribution in [1.29, 1.82) is 5.26 Å². The molecule has 0 fully saturated rings. The van der Waals surface area contributed by atoms with Gasteiger partial charge >= 0.3 is 0 Å². The minimum atomic E-state index is 0.171. The quantitative estimate of drug-likeness (QED) is 0.723. The molecule has 0 spiro atoms. The number of nitrogens with zero attached hydrogens (tertiary/aromatic N) is 3. The molecule has 0 saturated heterocycles. The summed E-state index contributed by atoms with van der Waals surface area (Å²) in [4.78, 5) is 4.04. The molecule has 0 unspecified atom stereocenters. The lowest BCUT2D eigenvalue weighted by atomic mass is 10.0. The minimum absolute atomic E-state index is 0.171. The number of nitrogens with one attached hydrogen (secondary N) is 1. The second-order valence-corrected chi connectivity index (χ2v) is 5.48. The molecule has 22 heavy (non-hydrogen) atoms. The first-order valence-corrected chi connectivity index (χ1v) is 7.35. The molecule has 4 nitrogen and oxygen atoms in total. The van der Waals surface area contributed by atoms with Gasteiger partial charge in [0.25, 0.3) is 0 Å². The van der Waals surface area contributed by atoms with E-state index in [1.54, 1.807) is 17.1 Å². The zero-order valence-corrected chi connectivity index (χ0v) is 13.0. The number of hydrogen-bond acceptors (Lipinski definition) is 3. The Morgan fingerprint density at radius 3 is 2.45 bits per heavy atom. The van der Waals surface area contributed by atoms with E-state index < -0.39 is 0 Å². The van der Waals surface area contributed by atoms with Gasteiger partial charge in [-0.2, -0.15) is 5.26 Å². The Bertz CT molecular complexity index is 889. The van der Waals surface area contributed by atoms with Gasteiger partial charge in [0.2, 0.25) is 0 Å². The van der Waals surface area contributed by atoms with Crippen molar-refractivity contribution >= 4 is 23.8 Å². The Morgan fingerprint density at radius 1 is 1.14 bits per heavy atom. The fourth-order valence-electron chi connectivity index (χ4n) is 2.28. The van der Waals surface area contributed by atoms with E-state index in [4.69, 9.17) is 29.1 Å². The van der Waals surface area contributed by atoms with E-state index in [1.807, 2.05) is 36.4 Å². The molecular weight excluding hydrogens is 316 g/mol. The third-order valence-corrected chi connectivity index (χ3v) is 3.96. The van der Waals surface area contributed by atoms with E-state index in [2.05, 4.69) is 16.2 Å². The average Bonchev–Trinajstić information content (AvgIpc) is 2.86. The van der Waals surface area contributed by atoms with Crippen molar-refractivity contribution in [3.63, 3.8) is 0 Å². The number of aromatic nitrogens is 3. The average molecular weight is 327 g/mol. The van der Waals surface area contributed by atoms with Crippen molar-refractivity contribution in [3.8, 4) is 28.5 Å². The lowest BCUT2D eigenvalue weighted by Crippen LogP contribution is -1.97. The minimum Gasteiger partial charge on any atom is -0.295 e. The lowest BCUT2D eigenvalue weighted by Gasteiger charge is -2.03. The number of H-pyrrole nitrogens is 1. The molecule has 0 atom stereocenters. The van der Waals surface area contributed by atoms with Gasteiger partial charge in [-0.05, 0) is 29.8 Å². The molecule has 6 heteroatoms. The molecule has 0 aliphatic carbocycles. The summed E-state index contributed by atoms with van der Waals surface area (Å²) in [5, 5.41) is 12.8. The normalized spacial score (nSPS) is 10.4. The van der Waals surface area contributed by atoms with E-state index in [1.165, 1.54) is 0 Å². The van der Waals surface area contributed by atoms with Crippen molar-refractivity contribution in [1.82, 2.24) is 14.8 Å². The summed E-state index contributed by atoms with van der Waals surface area (Å²) >= 11 is 11.5. The maximum Gasteiger partial charge on any atom is 0.131 e. The highest BCUT2D eigenvalue weighted by Gasteiger charge is 2.15. The fraction of sp³-hybridized carbons (Fsp3) is 0.0625. The van der Waals surface area contributed by atoms with Crippen molar-refractivity contribution in [2.75, 3.05) is 0 Å². The predicted octanol–water partition coefficient (Wildman–Crippen LogP) is 4.45. The second-order valence-electron chi connectivity index (χ2n) is 4.65. The van der Waals surface area contributed by atoms with Crippen LogP contribution in [0.5, 0.6) is 0 Å². The number of pyridine rings is 1. The van der Waals surface area contributed by atoms with Crippen molar-refractivity contribution in [2.24, 2.45) is 0 Å². The molecule has 0 bridgehead atoms. The van der Waals surface area contributed by atoms with E-state index >= 15 is 0 Å². The van der Waals surface area contributed by atoms with Gasteiger partial charge in [-0.1, -0.05) is 36.0 Å². The SMILES string of the molecule is N#CCn1[nH]c(-c2ccc(Cl)cc2)c(-c2ccncc2)c1=S. The third kappa shape index (κ3) is 2.67. The number of hydrogen-bond donors (Lipinski definition) is 1. The Kier molecular flexibility index (Phi) is 4.05. The number of benzene rings is 1. The first-order chi connectivity index (χ1) is 10.7. The van der Waals surface area contributed by atoms with Crippen molar-refractivity contribution < 1.29 is 0 Å². The fourth-order valence-corrected chi connectivity index (χ4v) is 2.73. The molecule has 108 valence electrons. The summed E-state index contributed by atoms with van der Waals surface area (Å²) in [6, 6.07) is 13.4. The highest BCUT2D eigenvalue weighted by Crippen LogP contribution is 2.32. The first-order valence-electron chi connectivity index (χ1n) is 6.57. The topological polar surface area (TPSA) is 57.4 Å². The van der Waals surface area contributed by atoms with Gasteiger partial charge in [0, 0.05) is 28.5 Å². The van der Waals surface area contributed by atoms with Crippen molar-refractivity contribution in [2.45, 2.75) is 6.54 Å². The van der Waals surface area contributed by atoms with Crippen LogP contribution < -0.4 is 0 Å². The summed E-state index contributed by atoms with van der Waals surface area (Å²) in [6.45, 7) is 0.171. The van der Waals surface area contributed by atoms with Crippen LogP contribution in [-0.2, 0) is 6.54 Å². The molecule has 2 aromatic heterocycles. The van der Waals surface area contributed by atoms with Crippen LogP contribution in [0, 0.1) is 16.0 Å². The van der Waals surface area contributed by atoms with E-state index in [0.29, 0.717) is 9.66 Å². The summed E-state index contributed by atoms with van der Waals surface area (Å²) in [5.41, 5.74) is 3.66. The van der Waals surface area contributed by atoms with Crippen LogP contribution in [0.4, 0.5) is 0 Å². The molecule has 0 aliphatic heterocycles. The third-order valence-electron chi connectivity index (χ3n) is 3.29. The van der Waals surface area contributed by atoms with Crippen LogP contribution in [0.2, 0.25) is 5.02 Å². The van der Waals surface area contributed by atoms with Crippen molar-refractivity contribution in [3.05, 3.63) is 58.5 Å². The molecule has 0 aliphatic rings. The maximum atomic E-state index is 8.96. The summed E-state index contributed by atoms with van der Waals surface area (Å²) in [7, 11) is 0. The van der Waals surface area contributed by atoms with Gasteiger partial charge in [-0.25, -0.2) is 0 Å². The number of aromatic amines is 1. The monoisotopic (exact) mass is 326 g/mol. The largest absolute Gasteiger partial charge is 0.295 e. The van der Waals surface area contributed by atoms with Crippen LogP contribution in [0.15, 0.2) is 48.8 Å². The molecule has 0 amide bonds. The van der Waals surface area contributed by atoms with E-state index in [0.717, 1.165) is 22.4 Å². The Balaban J connectivity index is 2.25. The van der Waals surface area contributed by atoms with Crippen LogP contribution in [0.3, 0.4) is 0 Å². The molecule has 3 aromatic rings. The Morgan fingerprint density at radius 2 is 1.82 bits per heavy atom. The molecule has 3 rings (SSSR count). The van der Waals surface area contributed by atoms with Gasteiger partial charge in [0.1, 0.15) is 11.2 Å². The smallest absolute Gasteiger partial charge is 0.131 e. The molecule has 0 radical (unpaired) electrons. The zero-order chi connectivity index (χ0) is 15.5. The predicted molar refractivity (Wildman–Crippen MR) is 88.9 cm³/mol. The molecule has 1 N–H and O–H groups in total. The number of rotatable bonds is 3. The van der Waals surface area contributed by atoms with Crippen LogP contribution in [0.25, 0.3) is 22.4 Å². The molecule has 0 saturated carbocycles. The Labute approximate surface area is 137 Å². The number of nitriles is 1. The summed E-state index contributed by atoms with van der Waals surface area (Å²) < 4.78 is 2.26.